The Kier molecular flexibility index (Phi) is 14.6. The van der Waals surface area contributed by atoms with Gasteiger partial charge in [0.2, 0.25) is 11.2 Å². The molecular weight excluding hydrogens is 685 g/mol. The first kappa shape index (κ1) is 41.5. The SMILES string of the molecule is Cc1cc(OC(=O)C(CC(=O)O)[n+]2c(/C=C/c3ccc(N)cc3)ccc3ccccc32)cc2c1OC(C)(CCCC(C)CCCC(C)CCCC(C)C)CC2. The lowest BCUT2D eigenvalue weighted by atomic mass is 9.85. The number of ether oxygens (including phenoxy) is 2. The van der Waals surface area contributed by atoms with Crippen molar-refractivity contribution in [3.63, 3.8) is 0 Å². The second-order valence-electron chi connectivity index (χ2n) is 16.9. The lowest BCUT2D eigenvalue weighted by Gasteiger charge is -2.37. The lowest BCUT2D eigenvalue weighted by Crippen LogP contribution is -2.49. The molecule has 55 heavy (non-hydrogen) atoms. The number of nitrogens with two attached hydrogens (primary N) is 1. The molecule has 4 aromatic rings. The molecule has 7 nitrogen and oxygen atoms in total. The van der Waals surface area contributed by atoms with Crippen LogP contribution < -0.4 is 19.8 Å². The normalized spacial score (nSPS) is 17.1. The number of carboxylic acids is 1. The third-order valence-corrected chi connectivity index (χ3v) is 11.3. The van der Waals surface area contributed by atoms with Crippen molar-refractivity contribution in [1.82, 2.24) is 0 Å². The van der Waals surface area contributed by atoms with Gasteiger partial charge in [0.15, 0.2) is 0 Å². The van der Waals surface area contributed by atoms with Gasteiger partial charge in [-0.05, 0) is 116 Å². The third-order valence-electron chi connectivity index (χ3n) is 11.3. The molecule has 3 aromatic carbocycles. The summed E-state index contributed by atoms with van der Waals surface area (Å²) < 4.78 is 14.6. The molecule has 0 spiro atoms. The molecule has 0 aliphatic carbocycles. The molecule has 1 aromatic heterocycles. The van der Waals surface area contributed by atoms with Gasteiger partial charge in [0.1, 0.15) is 23.5 Å². The minimum Gasteiger partial charge on any atom is -0.487 e. The molecule has 0 fully saturated rings. The van der Waals surface area contributed by atoms with Gasteiger partial charge in [-0.1, -0.05) is 96.9 Å². The number of aryl methyl sites for hydroxylation is 2. The lowest BCUT2D eigenvalue weighted by molar-refractivity contribution is -0.686. The number of carbonyl (C=O) groups excluding carboxylic acids is 1. The highest BCUT2D eigenvalue weighted by Gasteiger charge is 2.37. The summed E-state index contributed by atoms with van der Waals surface area (Å²) in [5.74, 6) is 1.87. The summed E-state index contributed by atoms with van der Waals surface area (Å²) in [5, 5.41) is 10.9. The van der Waals surface area contributed by atoms with Crippen LogP contribution in [-0.2, 0) is 16.0 Å². The number of nitrogens with zero attached hydrogens (tertiary/aromatic N) is 1. The number of hydrogen-bond donors (Lipinski definition) is 2. The van der Waals surface area contributed by atoms with Crippen molar-refractivity contribution in [1.29, 1.82) is 0 Å². The number of para-hydroxylation sites is 1. The molecule has 4 unspecified atom stereocenters. The summed E-state index contributed by atoms with van der Waals surface area (Å²) in [6.07, 6.45) is 16.4. The molecule has 0 bridgehead atoms. The zero-order valence-corrected chi connectivity index (χ0v) is 34.0. The average Bonchev–Trinajstić information content (AvgIpc) is 3.13. The Balaban J connectivity index is 1.24. The van der Waals surface area contributed by atoms with Crippen molar-refractivity contribution in [3.8, 4) is 11.5 Å². The van der Waals surface area contributed by atoms with Crippen LogP contribution in [0.1, 0.15) is 134 Å². The van der Waals surface area contributed by atoms with Crippen LogP contribution in [0.25, 0.3) is 23.1 Å². The highest BCUT2D eigenvalue weighted by Crippen LogP contribution is 2.41. The molecule has 5 rings (SSSR count). The van der Waals surface area contributed by atoms with Crippen LogP contribution in [-0.4, -0.2) is 22.6 Å². The fourth-order valence-electron chi connectivity index (χ4n) is 8.02. The third kappa shape index (κ3) is 11.9. The minimum absolute atomic E-state index is 0.242. The van der Waals surface area contributed by atoms with Crippen molar-refractivity contribution in [2.75, 3.05) is 5.73 Å². The van der Waals surface area contributed by atoms with Crippen molar-refractivity contribution in [2.24, 2.45) is 17.8 Å². The summed E-state index contributed by atoms with van der Waals surface area (Å²) in [6.45, 7) is 13.7. The molecule has 0 saturated carbocycles. The molecule has 0 radical (unpaired) electrons. The summed E-state index contributed by atoms with van der Waals surface area (Å²) in [7, 11) is 0. The number of aromatic nitrogens is 1. The molecule has 7 heteroatoms. The molecule has 2 heterocycles. The number of benzene rings is 3. The number of nitrogen functional groups attached to an aromatic ring is 1. The number of carboxylic acid groups (broad SMARTS) is 1. The van der Waals surface area contributed by atoms with Crippen LogP contribution in [0.4, 0.5) is 5.69 Å². The monoisotopic (exact) mass is 747 g/mol. The van der Waals surface area contributed by atoms with Gasteiger partial charge in [0.05, 0.1) is 0 Å². The fraction of sp³-hybridized carbons (Fsp3) is 0.479. The van der Waals surface area contributed by atoms with Crippen LogP contribution in [0, 0.1) is 24.7 Å². The van der Waals surface area contributed by atoms with Crippen molar-refractivity contribution in [3.05, 3.63) is 95.2 Å². The smallest absolute Gasteiger partial charge is 0.381 e. The summed E-state index contributed by atoms with van der Waals surface area (Å²) in [4.78, 5) is 26.4. The van der Waals surface area contributed by atoms with E-state index in [1.165, 1.54) is 44.9 Å². The topological polar surface area (TPSA) is 103 Å². The highest BCUT2D eigenvalue weighted by molar-refractivity contribution is 5.83. The molecule has 4 atom stereocenters. The second kappa shape index (κ2) is 19.3. The van der Waals surface area contributed by atoms with Gasteiger partial charge < -0.3 is 20.3 Å². The Morgan fingerprint density at radius 3 is 2.25 bits per heavy atom. The van der Waals surface area contributed by atoms with Crippen molar-refractivity contribution in [2.45, 2.75) is 130 Å². The quantitative estimate of drug-likeness (QED) is 0.0428. The Morgan fingerprint density at radius 2 is 1.56 bits per heavy atom. The summed E-state index contributed by atoms with van der Waals surface area (Å²) in [6, 6.07) is 21.6. The first-order valence-corrected chi connectivity index (χ1v) is 20.5. The van der Waals surface area contributed by atoms with E-state index in [0.29, 0.717) is 23.0 Å². The first-order chi connectivity index (χ1) is 26.3. The maximum Gasteiger partial charge on any atom is 0.381 e. The summed E-state index contributed by atoms with van der Waals surface area (Å²) >= 11 is 0. The molecule has 3 N–H and O–H groups in total. The van der Waals surface area contributed by atoms with E-state index >= 15 is 0 Å². The standard InChI is InChI=1S/C48H62N2O5/c1-33(2)12-9-13-34(3)14-10-15-35(4)16-11-28-48(6)29-27-39-31-42(30-36(5)46(39)55-48)54-47(53)44(32-45(51)52)50-41(25-21-37-19-23-40(49)24-20-37)26-22-38-17-7-8-18-43(38)50/h7-8,17-26,30-31,33-35,44,49H,9-16,27-29,32H2,1-6H3,(H,51,52)/p+1. The predicted molar refractivity (Wildman–Crippen MR) is 224 cm³/mol. The van der Waals surface area contributed by atoms with Gasteiger partial charge in [-0.3, -0.25) is 4.79 Å². The van der Waals surface area contributed by atoms with E-state index in [1.807, 2.05) is 91.9 Å². The van der Waals surface area contributed by atoms with Crippen molar-refractivity contribution < 1.29 is 28.7 Å². The molecule has 294 valence electrons. The zero-order chi connectivity index (χ0) is 39.5. The Morgan fingerprint density at radius 1 is 0.891 bits per heavy atom. The Bertz CT molecular complexity index is 1930. The maximum absolute atomic E-state index is 14.1. The minimum atomic E-state index is -1.12. The van der Waals surface area contributed by atoms with E-state index in [4.69, 9.17) is 15.2 Å². The zero-order valence-electron chi connectivity index (χ0n) is 34.0. The molecule has 1 aliphatic rings. The van der Waals surface area contributed by atoms with Gasteiger partial charge in [-0.15, -0.1) is 0 Å². The van der Waals surface area contributed by atoms with Crippen LogP contribution >= 0.6 is 0 Å². The number of rotatable bonds is 19. The van der Waals surface area contributed by atoms with Crippen LogP contribution in [0.3, 0.4) is 0 Å². The number of pyridine rings is 1. The molecule has 1 aliphatic heterocycles. The number of hydrogen-bond acceptors (Lipinski definition) is 5. The van der Waals surface area contributed by atoms with Crippen molar-refractivity contribution >= 4 is 40.7 Å². The first-order valence-electron chi connectivity index (χ1n) is 20.5. The van der Waals surface area contributed by atoms with E-state index < -0.39 is 24.4 Å². The Hall–Kier alpha value is -4.65. The molecule has 0 saturated heterocycles. The number of anilines is 1. The number of esters is 1. The fourth-order valence-corrected chi connectivity index (χ4v) is 8.02. The maximum atomic E-state index is 14.1. The molecule has 0 amide bonds. The molecular formula is C48H63N2O5+. The van der Waals surface area contributed by atoms with Gasteiger partial charge in [-0.25, -0.2) is 4.79 Å². The van der Waals surface area contributed by atoms with Crippen LogP contribution in [0.2, 0.25) is 0 Å². The van der Waals surface area contributed by atoms with Gasteiger partial charge >= 0.3 is 11.9 Å². The van der Waals surface area contributed by atoms with Gasteiger partial charge in [-0.2, -0.15) is 4.57 Å². The van der Waals surface area contributed by atoms with Crippen LogP contribution in [0.5, 0.6) is 11.5 Å². The second-order valence-corrected chi connectivity index (χ2v) is 16.9. The highest BCUT2D eigenvalue weighted by atomic mass is 16.5. The predicted octanol–water partition coefficient (Wildman–Crippen LogP) is 11.3. The van der Waals surface area contributed by atoms with E-state index in [-0.39, 0.29) is 5.60 Å². The number of fused-ring (bicyclic) bond motifs is 2. The van der Waals surface area contributed by atoms with E-state index in [9.17, 15) is 14.7 Å². The largest absolute Gasteiger partial charge is 0.487 e. The van der Waals surface area contributed by atoms with E-state index in [1.54, 1.807) is 4.57 Å². The Labute approximate surface area is 328 Å². The number of carbonyl (C=O) groups is 2. The van der Waals surface area contributed by atoms with Crippen LogP contribution in [0.15, 0.2) is 72.8 Å². The van der Waals surface area contributed by atoms with E-state index in [0.717, 1.165) is 70.9 Å². The van der Waals surface area contributed by atoms with Gasteiger partial charge in [0, 0.05) is 29.3 Å². The van der Waals surface area contributed by atoms with E-state index in [2.05, 4.69) is 34.6 Å². The summed E-state index contributed by atoms with van der Waals surface area (Å²) in [5.41, 5.74) is 10.5. The van der Waals surface area contributed by atoms with Gasteiger partial charge in [0.25, 0.3) is 6.04 Å². The average molecular weight is 748 g/mol. The number of aliphatic carboxylic acids is 1.